The van der Waals surface area contributed by atoms with E-state index < -0.39 is 0 Å². The summed E-state index contributed by atoms with van der Waals surface area (Å²) in [6.07, 6.45) is 1.18. The summed E-state index contributed by atoms with van der Waals surface area (Å²) in [5, 5.41) is 0. The second kappa shape index (κ2) is 6.94. The van der Waals surface area contributed by atoms with Crippen LogP contribution in [0.3, 0.4) is 0 Å². The highest BCUT2D eigenvalue weighted by Crippen LogP contribution is 2.16. The molecule has 18 heavy (non-hydrogen) atoms. The molecule has 1 aromatic rings. The Labute approximate surface area is 108 Å². The first-order valence-corrected chi connectivity index (χ1v) is 6.31. The molecule has 0 N–H and O–H groups in total. The van der Waals surface area contributed by atoms with Crippen LogP contribution >= 0.6 is 0 Å². The molecule has 3 nitrogen and oxygen atoms in total. The fourth-order valence-electron chi connectivity index (χ4n) is 1.88. The number of ether oxygens (including phenoxy) is 1. The minimum atomic E-state index is -0.295. The van der Waals surface area contributed by atoms with Gasteiger partial charge in [0.1, 0.15) is 0 Å². The van der Waals surface area contributed by atoms with Gasteiger partial charge in [0.15, 0.2) is 5.78 Å². The van der Waals surface area contributed by atoms with E-state index in [0.29, 0.717) is 6.61 Å². The molecule has 0 aromatic heterocycles. The van der Waals surface area contributed by atoms with Crippen LogP contribution in [0.25, 0.3) is 0 Å². The highest BCUT2D eigenvalue weighted by Gasteiger charge is 2.13. The third-order valence-electron chi connectivity index (χ3n) is 2.78. The molecule has 0 spiro atoms. The molecule has 0 bridgehead atoms. The monoisotopic (exact) mass is 248 g/mol. The zero-order chi connectivity index (χ0) is 13.5. The predicted molar refractivity (Wildman–Crippen MR) is 70.7 cm³/mol. The van der Waals surface area contributed by atoms with Crippen LogP contribution in [0, 0.1) is 13.8 Å². The summed E-state index contributed by atoms with van der Waals surface area (Å²) in [6.45, 7) is 6.19. The number of carbonyl (C=O) groups excluding carboxylic acids is 2. The Morgan fingerprint density at radius 3 is 2.28 bits per heavy atom. The van der Waals surface area contributed by atoms with Crippen LogP contribution in [-0.2, 0) is 9.53 Å². The van der Waals surface area contributed by atoms with E-state index in [1.54, 1.807) is 0 Å². The normalized spacial score (nSPS) is 10.2. The summed E-state index contributed by atoms with van der Waals surface area (Å²) in [5.41, 5.74) is 2.66. The van der Waals surface area contributed by atoms with E-state index in [2.05, 4.69) is 0 Å². The standard InChI is InChI=1S/C15H20O3/c1-4-10-18-14(17)9-8-13(16)15-11(2)6-5-7-12(15)3/h5-7H,4,8-10H2,1-3H3. The lowest BCUT2D eigenvalue weighted by Crippen LogP contribution is -2.10. The SMILES string of the molecule is CCCOC(=O)CCC(=O)c1c(C)cccc1C. The second-order valence-electron chi connectivity index (χ2n) is 4.41. The zero-order valence-electron chi connectivity index (χ0n) is 11.3. The number of benzene rings is 1. The van der Waals surface area contributed by atoms with Crippen molar-refractivity contribution in [3.05, 3.63) is 34.9 Å². The maximum Gasteiger partial charge on any atom is 0.306 e. The highest BCUT2D eigenvalue weighted by molar-refractivity contribution is 6.00. The largest absolute Gasteiger partial charge is 0.466 e. The molecule has 0 saturated carbocycles. The van der Waals surface area contributed by atoms with Crippen LogP contribution in [0.15, 0.2) is 18.2 Å². The fourth-order valence-corrected chi connectivity index (χ4v) is 1.88. The van der Waals surface area contributed by atoms with E-state index in [9.17, 15) is 9.59 Å². The van der Waals surface area contributed by atoms with Crippen molar-refractivity contribution >= 4 is 11.8 Å². The van der Waals surface area contributed by atoms with Gasteiger partial charge >= 0.3 is 5.97 Å². The fraction of sp³-hybridized carbons (Fsp3) is 0.467. The Morgan fingerprint density at radius 2 is 1.72 bits per heavy atom. The Morgan fingerprint density at radius 1 is 1.11 bits per heavy atom. The van der Waals surface area contributed by atoms with Crippen LogP contribution in [0.1, 0.15) is 47.7 Å². The third-order valence-corrected chi connectivity index (χ3v) is 2.78. The Bertz CT molecular complexity index is 415. The van der Waals surface area contributed by atoms with Crippen LogP contribution in [0.2, 0.25) is 0 Å². The number of esters is 1. The van der Waals surface area contributed by atoms with Gasteiger partial charge in [-0.25, -0.2) is 0 Å². The Kier molecular flexibility index (Phi) is 5.56. The number of rotatable bonds is 6. The summed E-state index contributed by atoms with van der Waals surface area (Å²) < 4.78 is 4.95. The quantitative estimate of drug-likeness (QED) is 0.573. The van der Waals surface area contributed by atoms with Crippen molar-refractivity contribution in [2.75, 3.05) is 6.61 Å². The number of hydrogen-bond donors (Lipinski definition) is 0. The number of carbonyl (C=O) groups is 2. The van der Waals surface area contributed by atoms with Gasteiger partial charge < -0.3 is 4.74 Å². The predicted octanol–water partition coefficient (Wildman–Crippen LogP) is 3.22. The van der Waals surface area contributed by atoms with Crippen molar-refractivity contribution in [1.29, 1.82) is 0 Å². The van der Waals surface area contributed by atoms with Gasteiger partial charge in [-0.1, -0.05) is 25.1 Å². The van der Waals surface area contributed by atoms with Crippen molar-refractivity contribution < 1.29 is 14.3 Å². The second-order valence-corrected chi connectivity index (χ2v) is 4.41. The maximum atomic E-state index is 12.1. The Hall–Kier alpha value is -1.64. The summed E-state index contributed by atoms with van der Waals surface area (Å²) in [4.78, 5) is 23.4. The first-order valence-electron chi connectivity index (χ1n) is 6.31. The highest BCUT2D eigenvalue weighted by atomic mass is 16.5. The average molecular weight is 248 g/mol. The van der Waals surface area contributed by atoms with Gasteiger partial charge in [-0.05, 0) is 31.4 Å². The van der Waals surface area contributed by atoms with E-state index in [1.807, 2.05) is 39.0 Å². The third kappa shape index (κ3) is 3.99. The maximum absolute atomic E-state index is 12.1. The first kappa shape index (κ1) is 14.4. The number of aryl methyl sites for hydroxylation is 2. The van der Waals surface area contributed by atoms with Crippen LogP contribution in [-0.4, -0.2) is 18.4 Å². The molecule has 0 heterocycles. The van der Waals surface area contributed by atoms with Crippen LogP contribution in [0.4, 0.5) is 0 Å². The molecule has 0 fully saturated rings. The van der Waals surface area contributed by atoms with Gasteiger partial charge in [0.2, 0.25) is 0 Å². The van der Waals surface area contributed by atoms with Gasteiger partial charge in [0.25, 0.3) is 0 Å². The van der Waals surface area contributed by atoms with Crippen molar-refractivity contribution in [3.8, 4) is 0 Å². The van der Waals surface area contributed by atoms with Crippen molar-refractivity contribution in [3.63, 3.8) is 0 Å². The molecule has 0 aliphatic rings. The van der Waals surface area contributed by atoms with Gasteiger partial charge in [0, 0.05) is 12.0 Å². The number of ketones is 1. The summed E-state index contributed by atoms with van der Waals surface area (Å²) in [7, 11) is 0. The topological polar surface area (TPSA) is 43.4 Å². The number of Topliss-reactive ketones (excluding diaryl/α,β-unsaturated/α-hetero) is 1. The summed E-state index contributed by atoms with van der Waals surface area (Å²) >= 11 is 0. The Balaban J connectivity index is 2.58. The summed E-state index contributed by atoms with van der Waals surface area (Å²) in [6, 6.07) is 5.75. The van der Waals surface area contributed by atoms with Gasteiger partial charge in [-0.15, -0.1) is 0 Å². The van der Waals surface area contributed by atoms with Crippen LogP contribution < -0.4 is 0 Å². The van der Waals surface area contributed by atoms with Crippen molar-refractivity contribution in [2.45, 2.75) is 40.0 Å². The van der Waals surface area contributed by atoms with E-state index >= 15 is 0 Å². The molecule has 0 unspecified atom stereocenters. The lowest BCUT2D eigenvalue weighted by atomic mass is 9.97. The lowest BCUT2D eigenvalue weighted by molar-refractivity contribution is -0.143. The van der Waals surface area contributed by atoms with Gasteiger partial charge in [-0.2, -0.15) is 0 Å². The van der Waals surface area contributed by atoms with E-state index in [-0.39, 0.29) is 24.6 Å². The molecule has 0 saturated heterocycles. The van der Waals surface area contributed by atoms with Gasteiger partial charge in [0.05, 0.1) is 13.0 Å². The minimum absolute atomic E-state index is 0.0130. The first-order chi connectivity index (χ1) is 8.56. The van der Waals surface area contributed by atoms with Crippen molar-refractivity contribution in [2.24, 2.45) is 0 Å². The molecule has 1 aromatic carbocycles. The minimum Gasteiger partial charge on any atom is -0.466 e. The molecule has 0 radical (unpaired) electrons. The zero-order valence-corrected chi connectivity index (χ0v) is 11.3. The lowest BCUT2D eigenvalue weighted by Gasteiger charge is -2.08. The van der Waals surface area contributed by atoms with E-state index in [0.717, 1.165) is 23.1 Å². The van der Waals surface area contributed by atoms with E-state index in [1.165, 1.54) is 0 Å². The smallest absolute Gasteiger partial charge is 0.306 e. The van der Waals surface area contributed by atoms with Crippen molar-refractivity contribution in [1.82, 2.24) is 0 Å². The van der Waals surface area contributed by atoms with E-state index in [4.69, 9.17) is 4.74 Å². The van der Waals surface area contributed by atoms with Crippen LogP contribution in [0.5, 0.6) is 0 Å². The molecule has 0 aliphatic heterocycles. The molecule has 98 valence electrons. The summed E-state index contributed by atoms with van der Waals surface area (Å²) in [5.74, 6) is -0.282. The average Bonchev–Trinajstić information content (AvgIpc) is 2.33. The molecule has 0 aliphatic carbocycles. The molecule has 1 rings (SSSR count). The van der Waals surface area contributed by atoms with Gasteiger partial charge in [-0.3, -0.25) is 9.59 Å². The molecule has 0 amide bonds. The molecular formula is C15H20O3. The number of hydrogen-bond acceptors (Lipinski definition) is 3. The molecule has 3 heteroatoms. The molecular weight excluding hydrogens is 228 g/mol. The molecule has 0 atom stereocenters.